The van der Waals surface area contributed by atoms with Crippen molar-refractivity contribution in [1.29, 1.82) is 0 Å². The molecule has 1 heterocycles. The second-order valence-corrected chi connectivity index (χ2v) is 5.44. The van der Waals surface area contributed by atoms with Gasteiger partial charge in [0.2, 0.25) is 0 Å². The van der Waals surface area contributed by atoms with Crippen LogP contribution in [0.15, 0.2) is 17.2 Å². The van der Waals surface area contributed by atoms with E-state index in [0.717, 1.165) is 6.42 Å². The van der Waals surface area contributed by atoms with Crippen molar-refractivity contribution in [2.24, 2.45) is 5.41 Å². The van der Waals surface area contributed by atoms with Crippen molar-refractivity contribution in [2.45, 2.75) is 52.6 Å². The summed E-state index contributed by atoms with van der Waals surface area (Å²) < 4.78 is 1.68. The van der Waals surface area contributed by atoms with E-state index < -0.39 is 0 Å². The lowest BCUT2D eigenvalue weighted by Crippen LogP contribution is -2.35. The largest absolute Gasteiger partial charge is 0.362 e. The van der Waals surface area contributed by atoms with Gasteiger partial charge in [0.1, 0.15) is 0 Å². The molecule has 1 fully saturated rings. The van der Waals surface area contributed by atoms with Gasteiger partial charge in [0.05, 0.1) is 0 Å². The maximum Gasteiger partial charge on any atom is 0.293 e. The molecule has 0 spiro atoms. The van der Waals surface area contributed by atoms with Crippen molar-refractivity contribution in [3.63, 3.8) is 0 Å². The zero-order valence-corrected chi connectivity index (χ0v) is 10.9. The molecule has 4 nitrogen and oxygen atoms in total. The van der Waals surface area contributed by atoms with E-state index in [1.54, 1.807) is 17.0 Å². The number of hydrogen-bond acceptors (Lipinski definition) is 3. The predicted molar refractivity (Wildman–Crippen MR) is 69.2 cm³/mol. The molecule has 1 unspecified atom stereocenters. The zero-order valence-electron chi connectivity index (χ0n) is 10.9. The summed E-state index contributed by atoms with van der Waals surface area (Å²) in [7, 11) is 0. The Morgan fingerprint density at radius 2 is 2.35 bits per heavy atom. The maximum absolute atomic E-state index is 12.0. The van der Waals surface area contributed by atoms with Gasteiger partial charge in [-0.3, -0.25) is 4.79 Å². The van der Waals surface area contributed by atoms with Crippen LogP contribution in [0.2, 0.25) is 0 Å². The Labute approximate surface area is 102 Å². The molecule has 1 atom stereocenters. The van der Waals surface area contributed by atoms with E-state index in [0.29, 0.717) is 18.4 Å². The number of aromatic nitrogens is 2. The number of aryl methyl sites for hydroxylation is 1. The van der Waals surface area contributed by atoms with E-state index in [2.05, 4.69) is 24.1 Å². The topological polar surface area (TPSA) is 46.9 Å². The van der Waals surface area contributed by atoms with Gasteiger partial charge in [-0.15, -0.1) is 0 Å². The fraction of sp³-hybridized carbons (Fsp3) is 0.692. The lowest BCUT2D eigenvalue weighted by Gasteiger charge is -2.28. The summed E-state index contributed by atoms with van der Waals surface area (Å²) in [5, 5.41) is 3.33. The molecular formula is C13H21N3O. The minimum absolute atomic E-state index is 0.0160. The lowest BCUT2D eigenvalue weighted by molar-refractivity contribution is 0.349. The second kappa shape index (κ2) is 4.51. The van der Waals surface area contributed by atoms with Crippen LogP contribution in [0.4, 0.5) is 5.82 Å². The standard InChI is InChI=1S/C13H21N3O/c1-4-16-9-8-14-11(12(16)17)15-10-6-5-7-13(10,2)3/h8-10H,4-7H2,1-3H3,(H,14,15). The summed E-state index contributed by atoms with van der Waals surface area (Å²) in [6.45, 7) is 7.15. The van der Waals surface area contributed by atoms with Crippen LogP contribution in [-0.2, 0) is 6.54 Å². The number of anilines is 1. The smallest absolute Gasteiger partial charge is 0.293 e. The van der Waals surface area contributed by atoms with E-state index in [-0.39, 0.29) is 11.0 Å². The van der Waals surface area contributed by atoms with Crippen molar-refractivity contribution in [3.8, 4) is 0 Å². The summed E-state index contributed by atoms with van der Waals surface area (Å²) >= 11 is 0. The van der Waals surface area contributed by atoms with Gasteiger partial charge in [0, 0.05) is 25.0 Å². The van der Waals surface area contributed by atoms with Crippen molar-refractivity contribution < 1.29 is 0 Å². The molecule has 0 bridgehead atoms. The summed E-state index contributed by atoms with van der Waals surface area (Å²) in [4.78, 5) is 16.2. The Kier molecular flexibility index (Phi) is 3.22. The van der Waals surface area contributed by atoms with Crippen LogP contribution >= 0.6 is 0 Å². The van der Waals surface area contributed by atoms with Crippen LogP contribution in [0, 0.1) is 5.41 Å². The molecule has 94 valence electrons. The Hall–Kier alpha value is -1.32. The molecule has 1 aromatic rings. The van der Waals surface area contributed by atoms with Crippen molar-refractivity contribution >= 4 is 5.82 Å². The van der Waals surface area contributed by atoms with E-state index in [9.17, 15) is 4.79 Å². The molecule has 1 saturated carbocycles. The van der Waals surface area contributed by atoms with Crippen LogP contribution in [0.25, 0.3) is 0 Å². The average Bonchev–Trinajstić information content (AvgIpc) is 2.61. The molecule has 0 radical (unpaired) electrons. The fourth-order valence-electron chi connectivity index (χ4n) is 2.55. The van der Waals surface area contributed by atoms with Crippen LogP contribution in [0.5, 0.6) is 0 Å². The molecule has 0 saturated heterocycles. The highest BCUT2D eigenvalue weighted by atomic mass is 16.1. The molecule has 17 heavy (non-hydrogen) atoms. The number of rotatable bonds is 3. The molecule has 1 aromatic heterocycles. The van der Waals surface area contributed by atoms with Crippen molar-refractivity contribution in [2.75, 3.05) is 5.32 Å². The van der Waals surface area contributed by atoms with Crippen LogP contribution < -0.4 is 10.9 Å². The van der Waals surface area contributed by atoms with Gasteiger partial charge in [-0.1, -0.05) is 20.3 Å². The predicted octanol–water partition coefficient (Wildman–Crippen LogP) is 2.25. The quantitative estimate of drug-likeness (QED) is 0.874. The van der Waals surface area contributed by atoms with Gasteiger partial charge in [0.25, 0.3) is 5.56 Å². The van der Waals surface area contributed by atoms with Crippen molar-refractivity contribution in [3.05, 3.63) is 22.7 Å². The van der Waals surface area contributed by atoms with Crippen molar-refractivity contribution in [1.82, 2.24) is 9.55 Å². The number of nitrogens with one attached hydrogen (secondary N) is 1. The molecule has 0 aliphatic heterocycles. The third-order valence-corrected chi connectivity index (χ3v) is 3.82. The first kappa shape index (κ1) is 12.1. The minimum Gasteiger partial charge on any atom is -0.362 e. The maximum atomic E-state index is 12.0. The summed E-state index contributed by atoms with van der Waals surface area (Å²) in [5.41, 5.74) is 0.235. The van der Waals surface area contributed by atoms with E-state index >= 15 is 0 Å². The minimum atomic E-state index is -0.0160. The Morgan fingerprint density at radius 1 is 1.59 bits per heavy atom. The summed E-state index contributed by atoms with van der Waals surface area (Å²) in [6, 6.07) is 0.357. The first-order chi connectivity index (χ1) is 8.04. The third-order valence-electron chi connectivity index (χ3n) is 3.82. The Bertz CT molecular complexity index is 450. The summed E-state index contributed by atoms with van der Waals surface area (Å²) in [6.07, 6.45) is 6.97. The highest BCUT2D eigenvalue weighted by Crippen LogP contribution is 2.38. The zero-order chi connectivity index (χ0) is 12.5. The average molecular weight is 235 g/mol. The van der Waals surface area contributed by atoms with E-state index in [1.807, 2.05) is 6.92 Å². The molecule has 1 aliphatic rings. The highest BCUT2D eigenvalue weighted by Gasteiger charge is 2.34. The van der Waals surface area contributed by atoms with Gasteiger partial charge in [-0.25, -0.2) is 4.98 Å². The van der Waals surface area contributed by atoms with Gasteiger partial charge >= 0.3 is 0 Å². The SMILES string of the molecule is CCn1ccnc(NC2CCCC2(C)C)c1=O. The first-order valence-electron chi connectivity index (χ1n) is 6.36. The molecule has 2 rings (SSSR count). The van der Waals surface area contributed by atoms with Crippen LogP contribution in [0.3, 0.4) is 0 Å². The highest BCUT2D eigenvalue weighted by molar-refractivity contribution is 5.33. The van der Waals surface area contributed by atoms with Gasteiger partial charge < -0.3 is 9.88 Å². The molecule has 0 amide bonds. The fourth-order valence-corrected chi connectivity index (χ4v) is 2.55. The molecular weight excluding hydrogens is 214 g/mol. The molecule has 1 aliphatic carbocycles. The lowest BCUT2D eigenvalue weighted by atomic mass is 9.87. The second-order valence-electron chi connectivity index (χ2n) is 5.44. The van der Waals surface area contributed by atoms with E-state index in [1.165, 1.54) is 12.8 Å². The van der Waals surface area contributed by atoms with Crippen LogP contribution in [-0.4, -0.2) is 15.6 Å². The Morgan fingerprint density at radius 3 is 2.94 bits per heavy atom. The molecule has 4 heteroatoms. The summed E-state index contributed by atoms with van der Waals surface area (Å²) in [5.74, 6) is 0.495. The normalized spacial score (nSPS) is 22.6. The first-order valence-corrected chi connectivity index (χ1v) is 6.36. The van der Waals surface area contributed by atoms with Gasteiger partial charge in [0.15, 0.2) is 5.82 Å². The number of nitrogens with zero attached hydrogens (tertiary/aromatic N) is 2. The molecule has 1 N–H and O–H groups in total. The number of hydrogen-bond donors (Lipinski definition) is 1. The Balaban J connectivity index is 2.22. The van der Waals surface area contributed by atoms with Crippen LogP contribution in [0.1, 0.15) is 40.0 Å². The monoisotopic (exact) mass is 235 g/mol. The van der Waals surface area contributed by atoms with Gasteiger partial charge in [-0.05, 0) is 25.2 Å². The third kappa shape index (κ3) is 2.35. The molecule has 0 aromatic carbocycles. The van der Waals surface area contributed by atoms with Gasteiger partial charge in [-0.2, -0.15) is 0 Å². The van der Waals surface area contributed by atoms with E-state index in [4.69, 9.17) is 0 Å².